The van der Waals surface area contributed by atoms with Crippen LogP contribution in [0.2, 0.25) is 0 Å². The molecule has 1 saturated heterocycles. The van der Waals surface area contributed by atoms with Crippen molar-refractivity contribution >= 4 is 23.0 Å². The lowest BCUT2D eigenvalue weighted by molar-refractivity contribution is 0.565. The van der Waals surface area contributed by atoms with Gasteiger partial charge in [-0.2, -0.15) is 0 Å². The molecule has 0 saturated carbocycles. The predicted octanol–water partition coefficient (Wildman–Crippen LogP) is 7.21. The summed E-state index contributed by atoms with van der Waals surface area (Å²) in [6.07, 6.45) is 1.86. The molecule has 0 spiro atoms. The molecule has 4 aromatic rings. The van der Waals surface area contributed by atoms with Crippen LogP contribution in [0.25, 0.3) is 5.69 Å². The van der Waals surface area contributed by atoms with Gasteiger partial charge in [-0.3, -0.25) is 4.98 Å². The predicted molar refractivity (Wildman–Crippen MR) is 153 cm³/mol. The molecule has 36 heavy (non-hydrogen) atoms. The molecule has 0 unspecified atom stereocenters. The van der Waals surface area contributed by atoms with Gasteiger partial charge < -0.3 is 14.8 Å². The molecule has 2 aromatic heterocycles. The fourth-order valence-corrected chi connectivity index (χ4v) is 6.34. The van der Waals surface area contributed by atoms with Gasteiger partial charge in [-0.1, -0.05) is 29.8 Å². The van der Waals surface area contributed by atoms with E-state index in [4.69, 9.17) is 17.2 Å². The Morgan fingerprint density at radius 3 is 2.06 bits per heavy atom. The van der Waals surface area contributed by atoms with E-state index in [1.165, 1.54) is 50.5 Å². The summed E-state index contributed by atoms with van der Waals surface area (Å²) < 4.78 is 2.41. The molecule has 0 aliphatic carbocycles. The average Bonchev–Trinajstić information content (AvgIpc) is 3.29. The molecule has 0 radical (unpaired) electrons. The molecule has 1 aliphatic rings. The van der Waals surface area contributed by atoms with Crippen LogP contribution in [0, 0.1) is 48.5 Å². The van der Waals surface area contributed by atoms with Crippen molar-refractivity contribution < 1.29 is 0 Å². The highest BCUT2D eigenvalue weighted by atomic mass is 32.1. The number of nitrogens with one attached hydrogen (secondary N) is 1. The van der Waals surface area contributed by atoms with Gasteiger partial charge in [0, 0.05) is 23.3 Å². The van der Waals surface area contributed by atoms with E-state index in [0.717, 1.165) is 16.5 Å². The van der Waals surface area contributed by atoms with E-state index in [0.29, 0.717) is 0 Å². The number of hydrogen-bond donors (Lipinski definition) is 1. The van der Waals surface area contributed by atoms with Crippen LogP contribution in [0.3, 0.4) is 0 Å². The number of benzene rings is 2. The second kappa shape index (κ2) is 9.21. The van der Waals surface area contributed by atoms with E-state index in [-0.39, 0.29) is 12.1 Å². The largest absolute Gasteiger partial charge is 0.351 e. The third kappa shape index (κ3) is 4.11. The van der Waals surface area contributed by atoms with Crippen molar-refractivity contribution in [2.75, 3.05) is 4.90 Å². The van der Waals surface area contributed by atoms with Gasteiger partial charge in [0.1, 0.15) is 0 Å². The molecule has 3 heterocycles. The van der Waals surface area contributed by atoms with Gasteiger partial charge in [0.15, 0.2) is 5.11 Å². The quantitative estimate of drug-likeness (QED) is 0.304. The van der Waals surface area contributed by atoms with Crippen molar-refractivity contribution in [3.8, 4) is 5.69 Å². The maximum atomic E-state index is 5.98. The van der Waals surface area contributed by atoms with Crippen molar-refractivity contribution in [1.29, 1.82) is 0 Å². The zero-order valence-electron chi connectivity index (χ0n) is 22.2. The van der Waals surface area contributed by atoms with Crippen molar-refractivity contribution in [2.45, 2.75) is 60.5 Å². The number of aryl methyl sites for hydroxylation is 6. The standard InChI is InChI=1S/C31H34N4S/c1-18-12-19(2)16-25(15-18)35-30(28(33-31(35)36)27-10-8-9-11-32-27)26-17-23(6)34(24(26)7)29-21(4)13-20(3)14-22(29)5/h8-17,28,30H,1-7H3,(H,33,36)/t28-,30-/m1/s1. The van der Waals surface area contributed by atoms with Crippen LogP contribution in [0.4, 0.5) is 5.69 Å². The number of nitrogens with zero attached hydrogens (tertiary/aromatic N) is 3. The lowest BCUT2D eigenvalue weighted by Gasteiger charge is -2.29. The van der Waals surface area contributed by atoms with Gasteiger partial charge in [-0.25, -0.2) is 0 Å². The summed E-state index contributed by atoms with van der Waals surface area (Å²) in [5, 5.41) is 4.35. The number of aromatic nitrogens is 2. The van der Waals surface area contributed by atoms with E-state index >= 15 is 0 Å². The van der Waals surface area contributed by atoms with E-state index in [2.05, 4.69) is 106 Å². The average molecular weight is 495 g/mol. The van der Waals surface area contributed by atoms with Gasteiger partial charge in [0.2, 0.25) is 0 Å². The van der Waals surface area contributed by atoms with E-state index in [9.17, 15) is 0 Å². The monoisotopic (exact) mass is 494 g/mol. The Kier molecular flexibility index (Phi) is 6.21. The number of hydrogen-bond acceptors (Lipinski definition) is 2. The summed E-state index contributed by atoms with van der Waals surface area (Å²) in [7, 11) is 0. The first kappa shape index (κ1) is 24.3. The van der Waals surface area contributed by atoms with E-state index in [1.807, 2.05) is 18.3 Å². The van der Waals surface area contributed by atoms with Crippen LogP contribution in [0.15, 0.2) is 60.8 Å². The molecule has 1 fully saturated rings. The highest BCUT2D eigenvalue weighted by Gasteiger charge is 2.42. The first-order valence-corrected chi connectivity index (χ1v) is 12.9. The van der Waals surface area contributed by atoms with Gasteiger partial charge in [0.25, 0.3) is 0 Å². The Labute approximate surface area is 220 Å². The van der Waals surface area contributed by atoms with E-state index in [1.54, 1.807) is 0 Å². The smallest absolute Gasteiger partial charge is 0.174 e. The summed E-state index contributed by atoms with van der Waals surface area (Å²) in [6, 6.07) is 19.5. The Morgan fingerprint density at radius 1 is 0.806 bits per heavy atom. The lowest BCUT2D eigenvalue weighted by atomic mass is 9.96. The second-order valence-corrected chi connectivity index (χ2v) is 10.6. The van der Waals surface area contributed by atoms with Crippen molar-refractivity contribution in [2.24, 2.45) is 0 Å². The van der Waals surface area contributed by atoms with Crippen LogP contribution < -0.4 is 10.2 Å². The van der Waals surface area contributed by atoms with Crippen molar-refractivity contribution in [3.63, 3.8) is 0 Å². The summed E-state index contributed by atoms with van der Waals surface area (Å²) in [5.41, 5.74) is 13.4. The molecular weight excluding hydrogens is 460 g/mol. The minimum Gasteiger partial charge on any atom is -0.351 e. The van der Waals surface area contributed by atoms with Crippen LogP contribution in [0.1, 0.15) is 62.5 Å². The van der Waals surface area contributed by atoms with Gasteiger partial charge in [-0.05, 0) is 119 Å². The lowest BCUT2D eigenvalue weighted by Crippen LogP contribution is -2.29. The SMILES string of the molecule is Cc1cc(C)cc(N2C(=S)N[C@H](c3ccccn3)[C@H]2c2cc(C)n(-c3c(C)cc(C)cc3C)c2C)c1. The summed E-state index contributed by atoms with van der Waals surface area (Å²) in [6.45, 7) is 15.3. The fourth-order valence-electron chi connectivity index (χ4n) is 5.99. The van der Waals surface area contributed by atoms with E-state index < -0.39 is 0 Å². The molecule has 0 bridgehead atoms. The third-order valence-electron chi connectivity index (χ3n) is 7.23. The van der Waals surface area contributed by atoms with Crippen LogP contribution >= 0.6 is 12.2 Å². The maximum Gasteiger partial charge on any atom is 0.174 e. The molecule has 1 aliphatic heterocycles. The molecule has 5 rings (SSSR count). The number of anilines is 1. The molecule has 5 heteroatoms. The minimum absolute atomic E-state index is 0.0281. The van der Waals surface area contributed by atoms with Gasteiger partial charge >= 0.3 is 0 Å². The molecule has 2 aromatic carbocycles. The number of pyridine rings is 1. The van der Waals surface area contributed by atoms with Crippen LogP contribution in [-0.4, -0.2) is 14.7 Å². The molecule has 2 atom stereocenters. The Hall–Kier alpha value is -3.44. The second-order valence-electron chi connectivity index (χ2n) is 10.3. The zero-order valence-corrected chi connectivity index (χ0v) is 23.0. The minimum atomic E-state index is -0.0614. The molecule has 1 N–H and O–H groups in total. The Balaban J connectivity index is 1.73. The number of thiocarbonyl (C=S) groups is 1. The van der Waals surface area contributed by atoms with Crippen molar-refractivity contribution in [3.05, 3.63) is 111 Å². The topological polar surface area (TPSA) is 33.1 Å². The summed E-state index contributed by atoms with van der Waals surface area (Å²) in [5.74, 6) is 0. The molecule has 4 nitrogen and oxygen atoms in total. The molecule has 184 valence electrons. The highest BCUT2D eigenvalue weighted by molar-refractivity contribution is 7.80. The zero-order chi connectivity index (χ0) is 25.7. The van der Waals surface area contributed by atoms with Crippen LogP contribution in [-0.2, 0) is 0 Å². The molecule has 0 amide bonds. The Bertz CT molecular complexity index is 1420. The third-order valence-corrected chi connectivity index (χ3v) is 7.55. The first-order valence-electron chi connectivity index (χ1n) is 12.5. The first-order chi connectivity index (χ1) is 17.2. The Morgan fingerprint density at radius 2 is 1.44 bits per heavy atom. The summed E-state index contributed by atoms with van der Waals surface area (Å²) in [4.78, 5) is 7.02. The normalized spacial score (nSPS) is 17.5. The van der Waals surface area contributed by atoms with Gasteiger partial charge in [0.05, 0.1) is 23.5 Å². The highest BCUT2D eigenvalue weighted by Crippen LogP contribution is 2.44. The van der Waals surface area contributed by atoms with Crippen molar-refractivity contribution in [1.82, 2.24) is 14.9 Å². The fraction of sp³-hybridized carbons (Fsp3) is 0.290. The van der Waals surface area contributed by atoms with Gasteiger partial charge in [-0.15, -0.1) is 0 Å². The van der Waals surface area contributed by atoms with Crippen LogP contribution in [0.5, 0.6) is 0 Å². The number of rotatable bonds is 4. The maximum absolute atomic E-state index is 5.98. The molecular formula is C31H34N4S. The summed E-state index contributed by atoms with van der Waals surface area (Å²) >= 11 is 5.98.